The average molecular weight is 344 g/mol. The second kappa shape index (κ2) is 6.81. The molecule has 0 amide bonds. The molecule has 0 aliphatic heterocycles. The Labute approximate surface area is 153 Å². The molecule has 4 aromatic rings. The molecular formula is C22H24N4. The van der Waals surface area contributed by atoms with Gasteiger partial charge in [-0.1, -0.05) is 55.5 Å². The predicted molar refractivity (Wildman–Crippen MR) is 109 cm³/mol. The van der Waals surface area contributed by atoms with Gasteiger partial charge in [0.15, 0.2) is 5.82 Å². The Morgan fingerprint density at radius 2 is 1.73 bits per heavy atom. The highest BCUT2D eigenvalue weighted by atomic mass is 15.1. The van der Waals surface area contributed by atoms with Crippen LogP contribution in [0.2, 0.25) is 0 Å². The highest BCUT2D eigenvalue weighted by Crippen LogP contribution is 2.38. The second-order valence-electron chi connectivity index (χ2n) is 6.71. The van der Waals surface area contributed by atoms with Crippen LogP contribution in [0.15, 0.2) is 66.9 Å². The van der Waals surface area contributed by atoms with Crippen LogP contribution in [0.3, 0.4) is 0 Å². The number of rotatable bonds is 5. The lowest BCUT2D eigenvalue weighted by atomic mass is 10.0. The molecule has 2 unspecified atom stereocenters. The number of fused-ring (bicyclic) bond motifs is 3. The van der Waals surface area contributed by atoms with E-state index in [0.29, 0.717) is 0 Å². The van der Waals surface area contributed by atoms with Crippen molar-refractivity contribution in [2.45, 2.75) is 32.5 Å². The Kier molecular flexibility index (Phi) is 4.35. The van der Waals surface area contributed by atoms with Gasteiger partial charge in [-0.2, -0.15) is 0 Å². The van der Waals surface area contributed by atoms with Crippen molar-refractivity contribution in [1.82, 2.24) is 9.55 Å². The molecule has 4 rings (SSSR count). The van der Waals surface area contributed by atoms with Crippen molar-refractivity contribution in [2.75, 3.05) is 5.32 Å². The standard InChI is InChI=1S/C22H24N4/c1-3-19(16-9-5-4-6-10-16)26-20-12-8-7-11-17(20)18-13-14-24-22(21(18)26)25-15(2)23/h4-15,19H,3,23H2,1-2H3,(H,24,25). The number of nitrogens with zero attached hydrogens (tertiary/aromatic N) is 2. The van der Waals surface area contributed by atoms with E-state index in [9.17, 15) is 0 Å². The van der Waals surface area contributed by atoms with E-state index in [1.54, 1.807) is 0 Å². The Bertz CT molecular complexity index is 1030. The first kappa shape index (κ1) is 16.6. The Hall–Kier alpha value is -2.85. The number of nitrogens with two attached hydrogens (primary N) is 1. The summed E-state index contributed by atoms with van der Waals surface area (Å²) in [5, 5.41) is 5.77. The molecule has 4 nitrogen and oxygen atoms in total. The predicted octanol–water partition coefficient (Wildman–Crippen LogP) is 4.91. The van der Waals surface area contributed by atoms with E-state index in [4.69, 9.17) is 5.73 Å². The number of anilines is 1. The molecule has 2 heterocycles. The van der Waals surface area contributed by atoms with Gasteiger partial charge in [-0.15, -0.1) is 0 Å². The molecule has 2 aromatic carbocycles. The number of nitrogens with one attached hydrogen (secondary N) is 1. The summed E-state index contributed by atoms with van der Waals surface area (Å²) in [6.45, 7) is 4.16. The Morgan fingerprint density at radius 3 is 2.46 bits per heavy atom. The van der Waals surface area contributed by atoms with Crippen molar-refractivity contribution in [3.8, 4) is 0 Å². The van der Waals surface area contributed by atoms with E-state index >= 15 is 0 Å². The van der Waals surface area contributed by atoms with Gasteiger partial charge in [-0.25, -0.2) is 4.98 Å². The maximum atomic E-state index is 6.02. The zero-order chi connectivity index (χ0) is 18.1. The summed E-state index contributed by atoms with van der Waals surface area (Å²) in [5.74, 6) is 0.836. The lowest BCUT2D eigenvalue weighted by Crippen LogP contribution is -2.26. The molecule has 0 radical (unpaired) electrons. The van der Waals surface area contributed by atoms with Gasteiger partial charge < -0.3 is 15.6 Å². The fourth-order valence-electron chi connectivity index (χ4n) is 3.83. The third-order valence-corrected chi connectivity index (χ3v) is 4.87. The van der Waals surface area contributed by atoms with E-state index in [1.807, 2.05) is 13.1 Å². The van der Waals surface area contributed by atoms with Crippen molar-refractivity contribution < 1.29 is 0 Å². The highest BCUT2D eigenvalue weighted by Gasteiger charge is 2.21. The van der Waals surface area contributed by atoms with Gasteiger partial charge in [0.2, 0.25) is 0 Å². The lowest BCUT2D eigenvalue weighted by molar-refractivity contribution is 0.601. The minimum Gasteiger partial charge on any atom is -0.354 e. The monoisotopic (exact) mass is 344 g/mol. The second-order valence-corrected chi connectivity index (χ2v) is 6.71. The Morgan fingerprint density at radius 1 is 1.00 bits per heavy atom. The molecule has 2 atom stereocenters. The van der Waals surface area contributed by atoms with E-state index in [0.717, 1.165) is 17.8 Å². The highest BCUT2D eigenvalue weighted by molar-refractivity contribution is 6.11. The van der Waals surface area contributed by atoms with Gasteiger partial charge >= 0.3 is 0 Å². The minimum atomic E-state index is -0.170. The van der Waals surface area contributed by atoms with Crippen LogP contribution in [-0.4, -0.2) is 15.7 Å². The summed E-state index contributed by atoms with van der Waals surface area (Å²) in [7, 11) is 0. The third kappa shape index (κ3) is 2.72. The third-order valence-electron chi connectivity index (χ3n) is 4.87. The quantitative estimate of drug-likeness (QED) is 0.506. The van der Waals surface area contributed by atoms with Crippen molar-refractivity contribution in [3.05, 3.63) is 72.4 Å². The minimum absolute atomic E-state index is 0.170. The van der Waals surface area contributed by atoms with Crippen LogP contribution in [0.4, 0.5) is 5.82 Å². The van der Waals surface area contributed by atoms with Crippen molar-refractivity contribution in [2.24, 2.45) is 5.73 Å². The van der Waals surface area contributed by atoms with Crippen molar-refractivity contribution >= 4 is 27.6 Å². The van der Waals surface area contributed by atoms with Gasteiger partial charge in [0, 0.05) is 22.5 Å². The molecule has 0 fully saturated rings. The van der Waals surface area contributed by atoms with Crippen LogP contribution in [0.5, 0.6) is 0 Å². The molecule has 0 saturated carbocycles. The molecular weight excluding hydrogens is 320 g/mol. The molecule has 26 heavy (non-hydrogen) atoms. The number of hydrogen-bond donors (Lipinski definition) is 2. The zero-order valence-corrected chi connectivity index (χ0v) is 15.2. The van der Waals surface area contributed by atoms with Gasteiger partial charge in [-0.05, 0) is 31.0 Å². The topological polar surface area (TPSA) is 55.9 Å². The van der Waals surface area contributed by atoms with Crippen LogP contribution in [-0.2, 0) is 0 Å². The molecule has 2 aromatic heterocycles. The number of aromatic nitrogens is 2. The van der Waals surface area contributed by atoms with Crippen LogP contribution in [0.25, 0.3) is 21.8 Å². The maximum Gasteiger partial charge on any atom is 0.151 e. The van der Waals surface area contributed by atoms with Crippen molar-refractivity contribution in [1.29, 1.82) is 0 Å². The molecule has 0 aliphatic carbocycles. The largest absolute Gasteiger partial charge is 0.354 e. The summed E-state index contributed by atoms with van der Waals surface area (Å²) in [6.07, 6.45) is 2.67. The van der Waals surface area contributed by atoms with E-state index in [2.05, 4.69) is 82.5 Å². The van der Waals surface area contributed by atoms with Gasteiger partial charge in [-0.3, -0.25) is 0 Å². The van der Waals surface area contributed by atoms with Gasteiger partial charge in [0.1, 0.15) is 0 Å². The molecule has 4 heteroatoms. The van der Waals surface area contributed by atoms with Crippen LogP contribution in [0.1, 0.15) is 31.9 Å². The van der Waals surface area contributed by atoms with E-state index in [-0.39, 0.29) is 12.2 Å². The number of para-hydroxylation sites is 1. The van der Waals surface area contributed by atoms with Crippen LogP contribution in [0, 0.1) is 0 Å². The summed E-state index contributed by atoms with van der Waals surface area (Å²) in [5.41, 5.74) is 9.65. The molecule has 0 aliphatic rings. The lowest BCUT2D eigenvalue weighted by Gasteiger charge is -2.22. The maximum absolute atomic E-state index is 6.02. The number of hydrogen-bond acceptors (Lipinski definition) is 3. The first-order valence-corrected chi connectivity index (χ1v) is 9.15. The van der Waals surface area contributed by atoms with Crippen LogP contribution >= 0.6 is 0 Å². The first-order valence-electron chi connectivity index (χ1n) is 9.15. The molecule has 0 spiro atoms. The fourth-order valence-corrected chi connectivity index (χ4v) is 3.83. The molecule has 0 saturated heterocycles. The summed E-state index contributed by atoms with van der Waals surface area (Å²) in [4.78, 5) is 4.60. The average Bonchev–Trinajstić information content (AvgIpc) is 2.99. The molecule has 132 valence electrons. The summed E-state index contributed by atoms with van der Waals surface area (Å²) < 4.78 is 2.41. The van der Waals surface area contributed by atoms with E-state index in [1.165, 1.54) is 21.9 Å². The van der Waals surface area contributed by atoms with E-state index < -0.39 is 0 Å². The zero-order valence-electron chi connectivity index (χ0n) is 15.2. The SMILES string of the molecule is CCC(c1ccccc1)n1c2ccccc2c2ccnc(NC(C)N)c21. The van der Waals surface area contributed by atoms with Crippen LogP contribution < -0.4 is 11.1 Å². The Balaban J connectivity index is 2.08. The van der Waals surface area contributed by atoms with Crippen molar-refractivity contribution in [3.63, 3.8) is 0 Å². The molecule has 3 N–H and O–H groups in total. The summed E-state index contributed by atoms with van der Waals surface area (Å²) >= 11 is 0. The smallest absolute Gasteiger partial charge is 0.151 e. The molecule has 0 bridgehead atoms. The normalized spacial score (nSPS) is 13.8. The number of pyridine rings is 1. The first-order chi connectivity index (χ1) is 12.7. The fraction of sp³-hybridized carbons (Fsp3) is 0.227. The summed E-state index contributed by atoms with van der Waals surface area (Å²) in [6, 6.07) is 21.6. The number of benzene rings is 2. The van der Waals surface area contributed by atoms with Gasteiger partial charge in [0.25, 0.3) is 0 Å². The van der Waals surface area contributed by atoms with Gasteiger partial charge in [0.05, 0.1) is 17.7 Å².